The topological polar surface area (TPSA) is 106 Å². The molecule has 0 saturated carbocycles. The minimum absolute atomic E-state index is 0.229. The fourth-order valence-corrected chi connectivity index (χ4v) is 1.94. The van der Waals surface area contributed by atoms with E-state index in [1.54, 1.807) is 7.05 Å². The van der Waals surface area contributed by atoms with Crippen LogP contribution in [0.4, 0.5) is 5.95 Å². The Labute approximate surface area is 119 Å². The van der Waals surface area contributed by atoms with E-state index in [2.05, 4.69) is 30.2 Å². The first-order valence-corrected chi connectivity index (χ1v) is 6.82. The van der Waals surface area contributed by atoms with E-state index in [0.717, 1.165) is 18.2 Å². The normalized spacial score (nSPS) is 10.3. The van der Waals surface area contributed by atoms with Crippen molar-refractivity contribution in [3.8, 4) is 6.01 Å². The Bertz CT molecular complexity index is 632. The fourth-order valence-electron chi connectivity index (χ4n) is 1.24. The molecule has 9 heteroatoms. The molecule has 0 bridgehead atoms. The molecule has 106 valence electrons. The average Bonchev–Trinajstić information content (AvgIpc) is 2.45. The number of rotatable bonds is 6. The van der Waals surface area contributed by atoms with E-state index in [1.807, 2.05) is 6.92 Å². The van der Waals surface area contributed by atoms with Crippen molar-refractivity contribution >= 4 is 17.7 Å². The first kappa shape index (κ1) is 14.3. The third-order valence-corrected chi connectivity index (χ3v) is 2.86. The van der Waals surface area contributed by atoms with Crippen LogP contribution in [0, 0.1) is 0 Å². The van der Waals surface area contributed by atoms with Gasteiger partial charge in [0.25, 0.3) is 5.56 Å². The minimum atomic E-state index is -0.229. The lowest BCUT2D eigenvalue weighted by atomic mass is 10.5. The smallest absolute Gasteiger partial charge is 0.322 e. The van der Waals surface area contributed by atoms with Crippen molar-refractivity contribution in [1.82, 2.24) is 24.9 Å². The molecular weight excluding hydrogens is 280 g/mol. The molecule has 0 saturated heterocycles. The van der Waals surface area contributed by atoms with Gasteiger partial charge >= 0.3 is 6.01 Å². The van der Waals surface area contributed by atoms with Gasteiger partial charge in [-0.25, -0.2) is 4.98 Å². The Balaban J connectivity index is 2.23. The molecule has 2 aromatic heterocycles. The second-order valence-electron chi connectivity index (χ2n) is 3.66. The van der Waals surface area contributed by atoms with Crippen LogP contribution < -0.4 is 15.6 Å². The van der Waals surface area contributed by atoms with Crippen molar-refractivity contribution in [3.63, 3.8) is 0 Å². The van der Waals surface area contributed by atoms with E-state index in [9.17, 15) is 4.79 Å². The highest BCUT2D eigenvalue weighted by molar-refractivity contribution is 7.99. The summed E-state index contributed by atoms with van der Waals surface area (Å²) in [5, 5.41) is 3.64. The quantitative estimate of drug-likeness (QED) is 0.758. The number of hydrogen-bond acceptors (Lipinski definition) is 8. The van der Waals surface area contributed by atoms with Crippen LogP contribution in [0.3, 0.4) is 0 Å². The maximum atomic E-state index is 11.2. The first-order valence-electron chi connectivity index (χ1n) is 6.01. The largest absolute Gasteiger partial charge is 0.463 e. The van der Waals surface area contributed by atoms with Gasteiger partial charge in [0.05, 0.1) is 6.61 Å². The van der Waals surface area contributed by atoms with Crippen molar-refractivity contribution in [3.05, 3.63) is 22.6 Å². The summed E-state index contributed by atoms with van der Waals surface area (Å²) in [4.78, 5) is 30.3. The lowest BCUT2D eigenvalue weighted by Gasteiger charge is -2.06. The molecule has 0 atom stereocenters. The molecule has 0 radical (unpaired) electrons. The number of nitrogens with one attached hydrogen (secondary N) is 2. The number of ether oxygens (including phenoxy) is 1. The standard InChI is InChI=1S/C11H14N6O2S/c1-3-6-19-9-15-8(12-2)16-11(17-9)20-10-13-5-4-7(18)14-10/h4-5H,3,6H2,1-2H3,(H,13,14,18)(H,12,15,16,17). The SMILES string of the molecule is CCCOc1nc(NC)nc(Sc2nccc(=O)[nH]2)n1. The van der Waals surface area contributed by atoms with Crippen molar-refractivity contribution in [2.45, 2.75) is 23.7 Å². The number of aromatic nitrogens is 5. The zero-order valence-electron chi connectivity index (χ0n) is 11.1. The van der Waals surface area contributed by atoms with Crippen molar-refractivity contribution < 1.29 is 4.74 Å². The van der Waals surface area contributed by atoms with Gasteiger partial charge in [-0.2, -0.15) is 15.0 Å². The van der Waals surface area contributed by atoms with Crippen LogP contribution in [0.15, 0.2) is 27.4 Å². The Morgan fingerprint density at radius 1 is 1.40 bits per heavy atom. The van der Waals surface area contributed by atoms with Gasteiger partial charge in [-0.05, 0) is 18.2 Å². The van der Waals surface area contributed by atoms with Gasteiger partial charge in [-0.1, -0.05) is 6.92 Å². The molecule has 20 heavy (non-hydrogen) atoms. The molecule has 2 heterocycles. The van der Waals surface area contributed by atoms with Gasteiger partial charge in [0.2, 0.25) is 11.1 Å². The van der Waals surface area contributed by atoms with E-state index in [1.165, 1.54) is 12.3 Å². The molecule has 0 aliphatic heterocycles. The van der Waals surface area contributed by atoms with Crippen LogP contribution in [-0.4, -0.2) is 38.6 Å². The maximum Gasteiger partial charge on any atom is 0.322 e. The van der Waals surface area contributed by atoms with Crippen LogP contribution >= 0.6 is 11.8 Å². The molecule has 0 fully saturated rings. The van der Waals surface area contributed by atoms with Crippen LogP contribution in [0.2, 0.25) is 0 Å². The monoisotopic (exact) mass is 294 g/mol. The third kappa shape index (κ3) is 3.92. The predicted molar refractivity (Wildman–Crippen MR) is 74.1 cm³/mol. The summed E-state index contributed by atoms with van der Waals surface area (Å²) in [6, 6.07) is 1.58. The van der Waals surface area contributed by atoms with Crippen LogP contribution in [0.5, 0.6) is 6.01 Å². The summed E-state index contributed by atoms with van der Waals surface area (Å²) in [6.45, 7) is 2.52. The van der Waals surface area contributed by atoms with Gasteiger partial charge in [-0.15, -0.1) is 0 Å². The van der Waals surface area contributed by atoms with Crippen molar-refractivity contribution in [2.24, 2.45) is 0 Å². The highest BCUT2D eigenvalue weighted by atomic mass is 32.2. The molecule has 0 aromatic carbocycles. The molecule has 2 aromatic rings. The van der Waals surface area contributed by atoms with E-state index in [0.29, 0.717) is 22.9 Å². The van der Waals surface area contributed by atoms with E-state index in [-0.39, 0.29) is 11.6 Å². The zero-order chi connectivity index (χ0) is 14.4. The number of H-pyrrole nitrogens is 1. The van der Waals surface area contributed by atoms with Crippen molar-refractivity contribution in [2.75, 3.05) is 19.0 Å². The van der Waals surface area contributed by atoms with Crippen LogP contribution in [-0.2, 0) is 0 Å². The Morgan fingerprint density at radius 2 is 2.25 bits per heavy atom. The Morgan fingerprint density at radius 3 is 2.95 bits per heavy atom. The van der Waals surface area contributed by atoms with Gasteiger partial charge in [-0.3, -0.25) is 4.79 Å². The number of anilines is 1. The first-order chi connectivity index (χ1) is 9.71. The lowest BCUT2D eigenvalue weighted by Crippen LogP contribution is -2.07. The highest BCUT2D eigenvalue weighted by Crippen LogP contribution is 2.22. The number of hydrogen-bond donors (Lipinski definition) is 2. The van der Waals surface area contributed by atoms with Gasteiger partial charge in [0.15, 0.2) is 5.16 Å². The van der Waals surface area contributed by atoms with Crippen LogP contribution in [0.25, 0.3) is 0 Å². The zero-order valence-corrected chi connectivity index (χ0v) is 11.9. The van der Waals surface area contributed by atoms with Gasteiger partial charge < -0.3 is 15.0 Å². The highest BCUT2D eigenvalue weighted by Gasteiger charge is 2.09. The predicted octanol–water partition coefficient (Wildman–Crippen LogP) is 0.937. The molecule has 8 nitrogen and oxygen atoms in total. The summed E-state index contributed by atoms with van der Waals surface area (Å²) in [5.74, 6) is 0.395. The number of aromatic amines is 1. The summed E-state index contributed by atoms with van der Waals surface area (Å²) in [5.41, 5.74) is -0.229. The maximum absolute atomic E-state index is 11.2. The minimum Gasteiger partial charge on any atom is -0.463 e. The molecule has 0 aliphatic rings. The fraction of sp³-hybridized carbons (Fsp3) is 0.364. The molecule has 0 unspecified atom stereocenters. The van der Waals surface area contributed by atoms with Crippen molar-refractivity contribution in [1.29, 1.82) is 0 Å². The molecule has 2 rings (SSSR count). The van der Waals surface area contributed by atoms with E-state index in [4.69, 9.17) is 4.74 Å². The van der Waals surface area contributed by atoms with Gasteiger partial charge in [0, 0.05) is 19.3 Å². The molecular formula is C11H14N6O2S. The lowest BCUT2D eigenvalue weighted by molar-refractivity contribution is 0.288. The second-order valence-corrected chi connectivity index (χ2v) is 4.62. The molecule has 0 aliphatic carbocycles. The summed E-state index contributed by atoms with van der Waals surface area (Å²) < 4.78 is 5.39. The summed E-state index contributed by atoms with van der Waals surface area (Å²) in [6.07, 6.45) is 2.28. The average molecular weight is 294 g/mol. The van der Waals surface area contributed by atoms with Crippen LogP contribution in [0.1, 0.15) is 13.3 Å². The molecule has 0 spiro atoms. The second kappa shape index (κ2) is 6.85. The van der Waals surface area contributed by atoms with E-state index < -0.39 is 0 Å². The van der Waals surface area contributed by atoms with E-state index >= 15 is 0 Å². The molecule has 0 amide bonds. The van der Waals surface area contributed by atoms with Gasteiger partial charge in [0.1, 0.15) is 0 Å². The summed E-state index contributed by atoms with van der Waals surface area (Å²) >= 11 is 1.13. The third-order valence-electron chi connectivity index (χ3n) is 2.09. The number of nitrogens with zero attached hydrogens (tertiary/aromatic N) is 4. The Kier molecular flexibility index (Phi) is 4.88. The summed E-state index contributed by atoms with van der Waals surface area (Å²) in [7, 11) is 1.70. The Hall–Kier alpha value is -2.16. The molecule has 2 N–H and O–H groups in total.